The van der Waals surface area contributed by atoms with E-state index in [0.29, 0.717) is 22.8 Å². The molecule has 9 rings (SSSR count). The maximum Gasteiger partial charge on any atom is 0.762 e. The van der Waals surface area contributed by atoms with Gasteiger partial charge in [0.1, 0.15) is 11.6 Å². The van der Waals surface area contributed by atoms with Gasteiger partial charge in [0.2, 0.25) is 0 Å². The highest BCUT2D eigenvalue weighted by molar-refractivity contribution is 8.18. The fourth-order valence-electron chi connectivity index (χ4n) is 11.4. The summed E-state index contributed by atoms with van der Waals surface area (Å²) in [6.07, 6.45) is 19.7. The van der Waals surface area contributed by atoms with Crippen molar-refractivity contribution in [2.45, 2.75) is 135 Å². The molecule has 2 saturated carbocycles. The normalized spacial score (nSPS) is 23.8. The van der Waals surface area contributed by atoms with Gasteiger partial charge in [0.15, 0.2) is 5.78 Å². The van der Waals surface area contributed by atoms with Crippen molar-refractivity contribution in [2.75, 3.05) is 36.2 Å². The average molecular weight is 989 g/mol. The van der Waals surface area contributed by atoms with Crippen LogP contribution in [0.5, 0.6) is 0 Å². The monoisotopic (exact) mass is 988 g/mol. The molecular formula is C54H74BF5O2S4. The summed E-state index contributed by atoms with van der Waals surface area (Å²) in [7, 11) is -3.67. The zero-order chi connectivity index (χ0) is 47.6. The zero-order valence-electron chi connectivity index (χ0n) is 39.8. The molecular weight excluding hydrogens is 915 g/mol. The molecule has 0 bridgehead atoms. The molecule has 5 aliphatic rings. The van der Waals surface area contributed by atoms with Gasteiger partial charge in [-0.05, 0) is 140 Å². The molecule has 1 saturated heterocycles. The molecule has 1 aliphatic heterocycles. The lowest BCUT2D eigenvalue weighted by molar-refractivity contribution is 0.0848. The molecule has 0 N–H and O–H groups in total. The minimum Gasteiger partial charge on any atom is -0.382 e. The van der Waals surface area contributed by atoms with Gasteiger partial charge in [-0.3, -0.25) is 17.7 Å². The summed E-state index contributed by atoms with van der Waals surface area (Å²) < 4.78 is 64.6. The van der Waals surface area contributed by atoms with E-state index >= 15 is 4.39 Å². The first-order valence-electron chi connectivity index (χ1n) is 24.9. The third-order valence-corrected chi connectivity index (χ3v) is 18.6. The minimum atomic E-state index is -3.67. The molecule has 1 spiro atoms. The second kappa shape index (κ2) is 28.1. The van der Waals surface area contributed by atoms with Crippen LogP contribution >= 0.6 is 48.8 Å². The number of fused-ring (bicyclic) bond motifs is 5. The fraction of sp³-hybridized carbons (Fsp3) is 0.611. The van der Waals surface area contributed by atoms with Crippen molar-refractivity contribution in [3.63, 3.8) is 0 Å². The second-order valence-corrected chi connectivity index (χ2v) is 22.4. The maximum atomic E-state index is 15.9. The van der Waals surface area contributed by atoms with Crippen molar-refractivity contribution in [1.29, 1.82) is 0 Å². The largest absolute Gasteiger partial charge is 0.762 e. The van der Waals surface area contributed by atoms with Gasteiger partial charge in [0.05, 0.1) is 9.64 Å². The Balaban J connectivity index is 0.000000194. The number of carbonyl (C=O) groups is 1. The van der Waals surface area contributed by atoms with Crippen LogP contribution in [0.3, 0.4) is 0 Å². The third kappa shape index (κ3) is 14.1. The van der Waals surface area contributed by atoms with Crippen LogP contribution in [-0.4, -0.2) is 49.6 Å². The van der Waals surface area contributed by atoms with Gasteiger partial charge in [-0.25, -0.2) is 8.78 Å². The third-order valence-electron chi connectivity index (χ3n) is 14.4. The van der Waals surface area contributed by atoms with Crippen LogP contribution in [0, 0.1) is 47.1 Å². The van der Waals surface area contributed by atoms with E-state index in [4.69, 9.17) is 4.74 Å². The van der Waals surface area contributed by atoms with Crippen LogP contribution in [0.4, 0.5) is 21.7 Å². The van der Waals surface area contributed by atoms with E-state index in [1.807, 2.05) is 56.3 Å². The Morgan fingerprint density at radius 1 is 0.682 bits per heavy atom. The number of thioether (sulfide) groups is 2. The summed E-state index contributed by atoms with van der Waals surface area (Å²) in [6, 6.07) is 19.9. The lowest BCUT2D eigenvalue weighted by atomic mass is 9.73. The van der Waals surface area contributed by atoms with E-state index in [1.165, 1.54) is 87.7 Å². The molecule has 0 aromatic heterocycles. The van der Waals surface area contributed by atoms with E-state index < -0.39 is 7.54 Å². The Hall–Kier alpha value is -1.86. The standard InChI is InChI=1S/C25H31FS2.C22H25FO.C4H10O.C3H8S2.BF3/c1-2-6-17-9-11-18(12-10-17)22-16-20-15-19-7-3-4-8-21(19)24(26)23(20)25(22)27-13-5-14-28-25;1-2-5-14-8-10-15(11-9-14)19-13-17-12-16-6-3-4-7-18(16)21(23)20(17)22(19)24;1-3-5-4-2;4-2-1-3-5;2-1(3)4/h3-4,7-8,15,17-18,22H,2,5-6,9-14,16H2,1H3;3-4,6-7,12,14-15,19H,2,5,8-11,13H2,1H3;3-4H2,1-2H3;4-5H,1-3H2;. The second-order valence-electron chi connectivity index (χ2n) is 18.6. The van der Waals surface area contributed by atoms with Crippen molar-refractivity contribution >= 4 is 83.7 Å². The van der Waals surface area contributed by atoms with Crippen LogP contribution in [0.25, 0.3) is 21.5 Å². The molecule has 3 fully saturated rings. The van der Waals surface area contributed by atoms with E-state index in [0.717, 1.165) is 102 Å². The molecule has 364 valence electrons. The van der Waals surface area contributed by atoms with Gasteiger partial charge in [0.25, 0.3) is 0 Å². The van der Waals surface area contributed by atoms with Gasteiger partial charge < -0.3 is 4.74 Å². The summed E-state index contributed by atoms with van der Waals surface area (Å²) in [5.41, 5.74) is 3.69. The number of halogens is 5. The Morgan fingerprint density at radius 3 is 1.64 bits per heavy atom. The van der Waals surface area contributed by atoms with Gasteiger partial charge >= 0.3 is 7.54 Å². The highest BCUT2D eigenvalue weighted by atomic mass is 32.2. The van der Waals surface area contributed by atoms with Gasteiger partial charge in [-0.15, -0.1) is 23.5 Å². The van der Waals surface area contributed by atoms with Crippen molar-refractivity contribution in [3.05, 3.63) is 94.6 Å². The molecule has 66 heavy (non-hydrogen) atoms. The maximum absolute atomic E-state index is 15.9. The van der Waals surface area contributed by atoms with E-state index in [9.17, 15) is 22.1 Å². The summed E-state index contributed by atoms with van der Waals surface area (Å²) >= 11 is 12.1. The molecule has 2 atom stereocenters. The Morgan fingerprint density at radius 2 is 1.17 bits per heavy atom. The number of hydrogen-bond donors (Lipinski definition) is 2. The molecule has 4 aliphatic carbocycles. The highest BCUT2D eigenvalue weighted by Crippen LogP contribution is 2.65. The molecule has 12 heteroatoms. The van der Waals surface area contributed by atoms with Crippen LogP contribution in [0.1, 0.15) is 145 Å². The minimum absolute atomic E-state index is 0.00823. The number of ether oxygens (including phenoxy) is 1. The highest BCUT2D eigenvalue weighted by Gasteiger charge is 2.53. The number of ketones is 1. The van der Waals surface area contributed by atoms with Gasteiger partial charge in [0, 0.05) is 35.5 Å². The van der Waals surface area contributed by atoms with Crippen molar-refractivity contribution in [1.82, 2.24) is 0 Å². The Bertz CT molecular complexity index is 2070. The predicted octanol–water partition coefficient (Wildman–Crippen LogP) is 16.9. The first kappa shape index (κ1) is 55.1. The first-order chi connectivity index (χ1) is 32.0. The fourth-order valence-corrected chi connectivity index (χ4v) is 15.8. The molecule has 4 aromatic rings. The summed E-state index contributed by atoms with van der Waals surface area (Å²) in [6.45, 7) is 10.2. The van der Waals surface area contributed by atoms with Crippen LogP contribution in [0.15, 0.2) is 60.7 Å². The van der Waals surface area contributed by atoms with Crippen LogP contribution in [0.2, 0.25) is 0 Å². The number of carbonyl (C=O) groups excluding carboxylic acids is 1. The van der Waals surface area contributed by atoms with Gasteiger partial charge in [-0.2, -0.15) is 25.3 Å². The number of Topliss-reactive ketones (excluding diaryl/α,β-unsaturated/α-hetero) is 1. The number of hydrogen-bond acceptors (Lipinski definition) is 6. The molecule has 1 heterocycles. The van der Waals surface area contributed by atoms with E-state index in [-0.39, 0.29) is 27.4 Å². The van der Waals surface area contributed by atoms with Gasteiger partial charge in [-0.1, -0.05) is 126 Å². The number of benzene rings is 4. The average Bonchev–Trinajstić information content (AvgIpc) is 3.82. The Labute approximate surface area is 413 Å². The smallest absolute Gasteiger partial charge is 0.382 e. The molecule has 0 radical (unpaired) electrons. The summed E-state index contributed by atoms with van der Waals surface area (Å²) in [4.78, 5) is 12.9. The first-order valence-corrected chi connectivity index (χ1v) is 28.2. The molecule has 4 aromatic carbocycles. The summed E-state index contributed by atoms with van der Waals surface area (Å²) in [5, 5.41) is 3.39. The van der Waals surface area contributed by atoms with Crippen LogP contribution in [-0.2, 0) is 21.7 Å². The van der Waals surface area contributed by atoms with Crippen molar-refractivity contribution < 1.29 is 31.3 Å². The SMILES string of the molecule is CCCC1CCC(C2Cc3cc4ccccc4c(F)c3C23SCCCS3)CC1.CCCC1CCC(C2Cc3cc4ccccc4c(F)c3C2=O)CC1.CCOCC.FB(F)F.SCCCS. The summed E-state index contributed by atoms with van der Waals surface area (Å²) in [5.74, 6) is 7.73. The Kier molecular flexibility index (Phi) is 23.5. The number of rotatable bonds is 10. The predicted molar refractivity (Wildman–Crippen MR) is 282 cm³/mol. The van der Waals surface area contributed by atoms with E-state index in [1.54, 1.807) is 6.07 Å². The topological polar surface area (TPSA) is 26.3 Å². The quantitative estimate of drug-likeness (QED) is 0.0940. The molecule has 2 unspecified atom stereocenters. The van der Waals surface area contributed by atoms with Crippen LogP contribution < -0.4 is 0 Å². The van der Waals surface area contributed by atoms with E-state index in [2.05, 4.69) is 74.8 Å². The number of thiol groups is 2. The molecule has 2 nitrogen and oxygen atoms in total. The lowest BCUT2D eigenvalue weighted by Crippen LogP contribution is -2.35. The van der Waals surface area contributed by atoms with Crippen molar-refractivity contribution in [2.24, 2.45) is 35.5 Å². The lowest BCUT2D eigenvalue weighted by Gasteiger charge is -2.44. The zero-order valence-corrected chi connectivity index (χ0v) is 43.2. The van der Waals surface area contributed by atoms with Crippen molar-refractivity contribution in [3.8, 4) is 0 Å². The molecule has 0 amide bonds.